The number of nitrogens with zero attached hydrogens (tertiary/aromatic N) is 1. The lowest BCUT2D eigenvalue weighted by atomic mass is 9.77. The first-order chi connectivity index (χ1) is 18.7. The van der Waals surface area contributed by atoms with Gasteiger partial charge in [0.25, 0.3) is 0 Å². The Morgan fingerprint density at radius 3 is 2.56 bits per heavy atom. The standard InChI is InChI=1S/C27H30Cl2N2O8/c1-37-13-22(34)31(11-15-3-4-16(28)9-19(15)29)20-10-18(27(36)30-5-6-32)23-17-7-14(12-33)8-21(38-2)25(17)39-26(23)24(20)35/h3-4,7-10,20,23-24,26,32-33,35H,5-6,11-13H2,1-2H3,(H,30,36). The highest BCUT2D eigenvalue weighted by molar-refractivity contribution is 6.35. The summed E-state index contributed by atoms with van der Waals surface area (Å²) in [4.78, 5) is 28.0. The predicted molar refractivity (Wildman–Crippen MR) is 143 cm³/mol. The molecule has 4 atom stereocenters. The summed E-state index contributed by atoms with van der Waals surface area (Å²) in [5.74, 6) is -1.01. The Kier molecular flexibility index (Phi) is 9.37. The smallest absolute Gasteiger partial charge is 0.249 e. The summed E-state index contributed by atoms with van der Waals surface area (Å²) in [7, 11) is 2.83. The molecule has 0 fully saturated rings. The van der Waals surface area contributed by atoms with Gasteiger partial charge in [-0.3, -0.25) is 9.59 Å². The minimum Gasteiger partial charge on any atom is -0.493 e. The van der Waals surface area contributed by atoms with Gasteiger partial charge in [0.2, 0.25) is 11.8 Å². The van der Waals surface area contributed by atoms with E-state index in [1.165, 1.54) is 25.2 Å². The molecule has 12 heteroatoms. The zero-order valence-corrected chi connectivity index (χ0v) is 22.9. The van der Waals surface area contributed by atoms with Crippen molar-refractivity contribution >= 4 is 35.0 Å². The molecule has 4 unspecified atom stereocenters. The Balaban J connectivity index is 1.82. The number of benzene rings is 2. The highest BCUT2D eigenvalue weighted by Crippen LogP contribution is 2.51. The molecule has 2 aromatic rings. The zero-order valence-electron chi connectivity index (χ0n) is 21.4. The van der Waals surface area contributed by atoms with Crippen LogP contribution < -0.4 is 14.8 Å². The van der Waals surface area contributed by atoms with Crippen LogP contribution in [-0.4, -0.2) is 84.3 Å². The van der Waals surface area contributed by atoms with Gasteiger partial charge in [0.15, 0.2) is 11.5 Å². The summed E-state index contributed by atoms with van der Waals surface area (Å²) in [5.41, 5.74) is 1.90. The number of nitrogens with one attached hydrogen (secondary N) is 1. The van der Waals surface area contributed by atoms with E-state index in [2.05, 4.69) is 5.32 Å². The maximum atomic E-state index is 13.4. The summed E-state index contributed by atoms with van der Waals surface area (Å²) in [6.07, 6.45) is -0.704. The molecule has 1 aliphatic carbocycles. The third kappa shape index (κ3) is 5.86. The molecule has 0 saturated carbocycles. The van der Waals surface area contributed by atoms with Crippen molar-refractivity contribution in [3.8, 4) is 11.5 Å². The molecule has 39 heavy (non-hydrogen) atoms. The average Bonchev–Trinajstić information content (AvgIpc) is 3.31. The van der Waals surface area contributed by atoms with E-state index in [1.54, 1.807) is 30.3 Å². The molecule has 4 rings (SSSR count). The van der Waals surface area contributed by atoms with Crippen LogP contribution in [0.1, 0.15) is 22.6 Å². The maximum absolute atomic E-state index is 13.4. The van der Waals surface area contributed by atoms with E-state index in [9.17, 15) is 24.9 Å². The molecular weight excluding hydrogens is 551 g/mol. The van der Waals surface area contributed by atoms with Crippen molar-refractivity contribution in [1.29, 1.82) is 0 Å². The Morgan fingerprint density at radius 2 is 1.92 bits per heavy atom. The predicted octanol–water partition coefficient (Wildman–Crippen LogP) is 1.79. The van der Waals surface area contributed by atoms with Crippen LogP contribution in [0.2, 0.25) is 10.0 Å². The number of amides is 2. The van der Waals surface area contributed by atoms with Crippen molar-refractivity contribution in [2.45, 2.75) is 37.3 Å². The molecule has 0 saturated heterocycles. The number of carbonyl (C=O) groups excluding carboxylic acids is 2. The third-order valence-corrected chi connectivity index (χ3v) is 7.39. The summed E-state index contributed by atoms with van der Waals surface area (Å²) < 4.78 is 16.8. The lowest BCUT2D eigenvalue weighted by Crippen LogP contribution is -2.56. The molecule has 2 aromatic carbocycles. The number of methoxy groups -OCH3 is 2. The molecule has 1 heterocycles. The van der Waals surface area contributed by atoms with Crippen molar-refractivity contribution < 1.29 is 39.1 Å². The molecule has 0 spiro atoms. The fourth-order valence-corrected chi connectivity index (χ4v) is 5.49. The minimum absolute atomic E-state index is 0.00119. The molecule has 0 aromatic heterocycles. The topological polar surface area (TPSA) is 138 Å². The van der Waals surface area contributed by atoms with E-state index < -0.39 is 36.0 Å². The fourth-order valence-electron chi connectivity index (χ4n) is 5.02. The number of halogens is 2. The van der Waals surface area contributed by atoms with Crippen LogP contribution in [0.25, 0.3) is 0 Å². The lowest BCUT2D eigenvalue weighted by Gasteiger charge is -2.40. The third-order valence-electron chi connectivity index (χ3n) is 6.80. The minimum atomic E-state index is -1.27. The Morgan fingerprint density at radius 1 is 1.15 bits per heavy atom. The van der Waals surface area contributed by atoms with Crippen molar-refractivity contribution in [2.24, 2.45) is 0 Å². The van der Waals surface area contributed by atoms with Gasteiger partial charge in [-0.1, -0.05) is 29.3 Å². The van der Waals surface area contributed by atoms with Crippen LogP contribution in [0.5, 0.6) is 11.5 Å². The average molecular weight is 581 g/mol. The number of aliphatic hydroxyl groups excluding tert-OH is 3. The zero-order chi connectivity index (χ0) is 28.3. The van der Waals surface area contributed by atoms with Crippen LogP contribution in [0.4, 0.5) is 0 Å². The van der Waals surface area contributed by atoms with Gasteiger partial charge < -0.3 is 39.7 Å². The number of carbonyl (C=O) groups is 2. The van der Waals surface area contributed by atoms with Crippen LogP contribution >= 0.6 is 23.2 Å². The van der Waals surface area contributed by atoms with Crippen molar-refractivity contribution in [3.05, 3.63) is 68.7 Å². The van der Waals surface area contributed by atoms with Crippen molar-refractivity contribution in [1.82, 2.24) is 10.2 Å². The monoisotopic (exact) mass is 580 g/mol. The number of fused-ring (bicyclic) bond motifs is 3. The Hall–Kier alpha value is -2.86. The van der Waals surface area contributed by atoms with Gasteiger partial charge in [-0.25, -0.2) is 0 Å². The molecule has 0 bridgehead atoms. The molecule has 0 radical (unpaired) electrons. The highest BCUT2D eigenvalue weighted by atomic mass is 35.5. The van der Waals surface area contributed by atoms with Crippen molar-refractivity contribution in [3.63, 3.8) is 0 Å². The molecule has 2 amide bonds. The second kappa shape index (κ2) is 12.5. The number of hydrogen-bond acceptors (Lipinski definition) is 8. The van der Waals surface area contributed by atoms with E-state index >= 15 is 0 Å². The van der Waals surface area contributed by atoms with Crippen LogP contribution in [0.3, 0.4) is 0 Å². The van der Waals surface area contributed by atoms with Gasteiger partial charge in [-0.05, 0) is 41.5 Å². The summed E-state index contributed by atoms with van der Waals surface area (Å²) in [5, 5.41) is 34.1. The van der Waals surface area contributed by atoms with Gasteiger partial charge >= 0.3 is 0 Å². The highest BCUT2D eigenvalue weighted by Gasteiger charge is 2.51. The number of ether oxygens (including phenoxy) is 3. The summed E-state index contributed by atoms with van der Waals surface area (Å²) >= 11 is 12.4. The maximum Gasteiger partial charge on any atom is 0.249 e. The van der Waals surface area contributed by atoms with Gasteiger partial charge in [0, 0.05) is 41.4 Å². The van der Waals surface area contributed by atoms with Crippen LogP contribution in [0, 0.1) is 0 Å². The molecule has 2 aliphatic rings. The molecule has 10 nitrogen and oxygen atoms in total. The second-order valence-corrected chi connectivity index (χ2v) is 10.1. The van der Waals surface area contributed by atoms with Crippen LogP contribution in [-0.2, 0) is 27.5 Å². The van der Waals surface area contributed by atoms with Gasteiger partial charge in [-0.15, -0.1) is 0 Å². The van der Waals surface area contributed by atoms with E-state index in [0.717, 1.165) is 0 Å². The van der Waals surface area contributed by atoms with Crippen molar-refractivity contribution in [2.75, 3.05) is 34.0 Å². The number of rotatable bonds is 10. The Bertz CT molecular complexity index is 1270. The molecule has 1 aliphatic heterocycles. The lowest BCUT2D eigenvalue weighted by molar-refractivity contribution is -0.141. The molecule has 210 valence electrons. The van der Waals surface area contributed by atoms with E-state index in [0.29, 0.717) is 38.2 Å². The molecule has 4 N–H and O–H groups in total. The van der Waals surface area contributed by atoms with E-state index in [1.807, 2.05) is 0 Å². The van der Waals surface area contributed by atoms with Gasteiger partial charge in [0.05, 0.1) is 32.3 Å². The SMILES string of the molecule is COCC(=O)N(Cc1ccc(Cl)cc1Cl)C1C=C(C(=O)NCCO)C2c3cc(CO)cc(OC)c3OC2C1O. The second-order valence-electron chi connectivity index (χ2n) is 9.21. The first kappa shape index (κ1) is 29.1. The van der Waals surface area contributed by atoms with E-state index in [-0.39, 0.29) is 38.5 Å². The summed E-state index contributed by atoms with van der Waals surface area (Å²) in [6.45, 7) is -0.839. The number of hydrogen-bond donors (Lipinski definition) is 4. The quantitative estimate of drug-likeness (QED) is 0.334. The van der Waals surface area contributed by atoms with Gasteiger partial charge in [0.1, 0.15) is 18.8 Å². The fraction of sp³-hybridized carbons (Fsp3) is 0.407. The first-order valence-corrected chi connectivity index (χ1v) is 13.0. The first-order valence-electron chi connectivity index (χ1n) is 12.2. The normalized spacial score (nSPS) is 21.4. The number of aliphatic hydroxyl groups is 3. The largest absolute Gasteiger partial charge is 0.493 e. The van der Waals surface area contributed by atoms with Crippen LogP contribution in [0.15, 0.2) is 42.0 Å². The Labute approximate surface area is 235 Å². The molecular formula is C27H30Cl2N2O8. The summed E-state index contributed by atoms with van der Waals surface area (Å²) in [6, 6.07) is 7.18. The van der Waals surface area contributed by atoms with E-state index in [4.69, 9.17) is 37.4 Å². The van der Waals surface area contributed by atoms with Gasteiger partial charge in [-0.2, -0.15) is 0 Å².